The van der Waals surface area contributed by atoms with Crippen molar-refractivity contribution in [3.63, 3.8) is 0 Å². The van der Waals surface area contributed by atoms with E-state index in [2.05, 4.69) is 20.8 Å². The van der Waals surface area contributed by atoms with Crippen LogP contribution in [-0.2, 0) is 0 Å². The lowest BCUT2D eigenvalue weighted by atomic mass is 10.1. The summed E-state index contributed by atoms with van der Waals surface area (Å²) in [5, 5.41) is 10.3. The monoisotopic (exact) mass is 328 g/mol. The number of aromatic nitrogens is 2. The molecule has 1 fully saturated rings. The van der Waals surface area contributed by atoms with Crippen molar-refractivity contribution in [1.82, 2.24) is 20.8 Å². The molecule has 2 aromatic heterocycles. The molecule has 0 bridgehead atoms. The van der Waals surface area contributed by atoms with Crippen LogP contribution in [-0.4, -0.2) is 35.2 Å². The SMILES string of the molecule is O=C(NCCNC1CCCCCC1)c1cc(-c2ccncc2)on1. The number of carbonyl (C=O) groups excluding carboxylic acids is 1. The number of pyridine rings is 1. The van der Waals surface area contributed by atoms with Gasteiger partial charge in [-0.2, -0.15) is 0 Å². The molecule has 1 aliphatic carbocycles. The molecule has 0 unspecified atom stereocenters. The third-order valence-electron chi connectivity index (χ3n) is 4.41. The lowest BCUT2D eigenvalue weighted by Gasteiger charge is -2.16. The molecule has 0 aliphatic heterocycles. The maximum Gasteiger partial charge on any atom is 0.273 e. The molecule has 0 aromatic carbocycles. The minimum atomic E-state index is -0.207. The van der Waals surface area contributed by atoms with E-state index in [1.54, 1.807) is 18.5 Å². The van der Waals surface area contributed by atoms with Crippen molar-refractivity contribution in [2.24, 2.45) is 0 Å². The van der Waals surface area contributed by atoms with Gasteiger partial charge in [0.2, 0.25) is 0 Å². The lowest BCUT2D eigenvalue weighted by molar-refractivity contribution is 0.0944. The zero-order valence-electron chi connectivity index (χ0n) is 13.8. The van der Waals surface area contributed by atoms with Crippen LogP contribution in [0.25, 0.3) is 11.3 Å². The summed E-state index contributed by atoms with van der Waals surface area (Å²) < 4.78 is 5.23. The highest BCUT2D eigenvalue weighted by molar-refractivity contribution is 5.93. The first-order chi connectivity index (χ1) is 11.8. The van der Waals surface area contributed by atoms with Gasteiger partial charge in [-0.25, -0.2) is 0 Å². The second-order valence-electron chi connectivity index (χ2n) is 6.21. The van der Waals surface area contributed by atoms with E-state index in [0.29, 0.717) is 24.0 Å². The predicted octanol–water partition coefficient (Wildman–Crippen LogP) is 2.78. The van der Waals surface area contributed by atoms with Gasteiger partial charge in [0.1, 0.15) is 0 Å². The zero-order chi connectivity index (χ0) is 16.6. The van der Waals surface area contributed by atoms with Gasteiger partial charge < -0.3 is 15.2 Å². The molecule has 3 rings (SSSR count). The minimum absolute atomic E-state index is 0.207. The van der Waals surface area contributed by atoms with Gasteiger partial charge in [-0.1, -0.05) is 30.8 Å². The topological polar surface area (TPSA) is 80.0 Å². The number of hydrogen-bond donors (Lipinski definition) is 2. The maximum atomic E-state index is 12.1. The molecule has 128 valence electrons. The Morgan fingerprint density at radius 2 is 1.88 bits per heavy atom. The second-order valence-corrected chi connectivity index (χ2v) is 6.21. The van der Waals surface area contributed by atoms with E-state index in [1.807, 2.05) is 12.1 Å². The van der Waals surface area contributed by atoms with E-state index >= 15 is 0 Å². The first-order valence-corrected chi connectivity index (χ1v) is 8.71. The Balaban J connectivity index is 1.43. The molecule has 0 atom stereocenters. The van der Waals surface area contributed by atoms with Crippen LogP contribution in [0.1, 0.15) is 49.0 Å². The molecule has 1 amide bonds. The van der Waals surface area contributed by atoms with E-state index in [1.165, 1.54) is 38.5 Å². The summed E-state index contributed by atoms with van der Waals surface area (Å²) in [7, 11) is 0. The average Bonchev–Trinajstić information content (AvgIpc) is 2.97. The molecule has 0 spiro atoms. The van der Waals surface area contributed by atoms with Crippen molar-refractivity contribution < 1.29 is 9.32 Å². The van der Waals surface area contributed by atoms with Crippen LogP contribution in [0.15, 0.2) is 35.1 Å². The summed E-state index contributed by atoms with van der Waals surface area (Å²) >= 11 is 0. The van der Waals surface area contributed by atoms with Crippen molar-refractivity contribution >= 4 is 5.91 Å². The Bertz CT molecular complexity index is 633. The molecule has 6 nitrogen and oxygen atoms in total. The zero-order valence-corrected chi connectivity index (χ0v) is 13.8. The minimum Gasteiger partial charge on any atom is -0.355 e. The van der Waals surface area contributed by atoms with E-state index in [9.17, 15) is 4.79 Å². The molecule has 1 saturated carbocycles. The maximum absolute atomic E-state index is 12.1. The van der Waals surface area contributed by atoms with Crippen LogP contribution in [0, 0.1) is 0 Å². The number of carbonyl (C=O) groups is 1. The van der Waals surface area contributed by atoms with Crippen LogP contribution in [0.2, 0.25) is 0 Å². The standard InChI is InChI=1S/C18H24N4O2/c23-18(21-12-11-20-15-5-3-1-2-4-6-15)16-13-17(24-22-16)14-7-9-19-10-8-14/h7-10,13,15,20H,1-6,11-12H2,(H,21,23). The first-order valence-electron chi connectivity index (χ1n) is 8.71. The first kappa shape index (κ1) is 16.6. The molecule has 6 heteroatoms. The van der Waals surface area contributed by atoms with Gasteiger partial charge in [0.25, 0.3) is 5.91 Å². The van der Waals surface area contributed by atoms with Gasteiger partial charge in [-0.05, 0) is 25.0 Å². The van der Waals surface area contributed by atoms with Gasteiger partial charge in [0.15, 0.2) is 11.5 Å². The van der Waals surface area contributed by atoms with Crippen LogP contribution in [0.5, 0.6) is 0 Å². The summed E-state index contributed by atoms with van der Waals surface area (Å²) in [6.07, 6.45) is 11.1. The molecule has 1 aliphatic rings. The van der Waals surface area contributed by atoms with Crippen LogP contribution < -0.4 is 10.6 Å². The average molecular weight is 328 g/mol. The Kier molecular flexibility index (Phi) is 5.96. The quantitative estimate of drug-likeness (QED) is 0.629. The molecule has 2 N–H and O–H groups in total. The lowest BCUT2D eigenvalue weighted by Crippen LogP contribution is -2.36. The van der Waals surface area contributed by atoms with Crippen molar-refractivity contribution in [1.29, 1.82) is 0 Å². The molecule has 0 radical (unpaired) electrons. The van der Waals surface area contributed by atoms with Crippen molar-refractivity contribution in [2.75, 3.05) is 13.1 Å². The Hall–Kier alpha value is -2.21. The van der Waals surface area contributed by atoms with Gasteiger partial charge >= 0.3 is 0 Å². The summed E-state index contributed by atoms with van der Waals surface area (Å²) in [5.41, 5.74) is 1.16. The summed E-state index contributed by atoms with van der Waals surface area (Å²) in [6.45, 7) is 1.37. The van der Waals surface area contributed by atoms with E-state index in [4.69, 9.17) is 4.52 Å². The van der Waals surface area contributed by atoms with Crippen LogP contribution in [0.3, 0.4) is 0 Å². The number of nitrogens with zero attached hydrogens (tertiary/aromatic N) is 2. The smallest absolute Gasteiger partial charge is 0.273 e. The second kappa shape index (κ2) is 8.59. The Morgan fingerprint density at radius 1 is 1.12 bits per heavy atom. The highest BCUT2D eigenvalue weighted by atomic mass is 16.5. The van der Waals surface area contributed by atoms with Crippen LogP contribution >= 0.6 is 0 Å². The molecule has 2 aromatic rings. The van der Waals surface area contributed by atoms with Crippen LogP contribution in [0.4, 0.5) is 0 Å². The number of hydrogen-bond acceptors (Lipinski definition) is 5. The number of nitrogens with one attached hydrogen (secondary N) is 2. The highest BCUT2D eigenvalue weighted by Crippen LogP contribution is 2.19. The molecule has 0 saturated heterocycles. The molecular formula is C18H24N4O2. The van der Waals surface area contributed by atoms with Crippen molar-refractivity contribution in [2.45, 2.75) is 44.6 Å². The van der Waals surface area contributed by atoms with E-state index in [-0.39, 0.29) is 5.91 Å². The fourth-order valence-electron chi connectivity index (χ4n) is 3.06. The van der Waals surface area contributed by atoms with Gasteiger partial charge in [0, 0.05) is 43.2 Å². The van der Waals surface area contributed by atoms with Gasteiger partial charge in [0.05, 0.1) is 0 Å². The summed E-state index contributed by atoms with van der Waals surface area (Å²) in [6, 6.07) is 5.89. The van der Waals surface area contributed by atoms with Gasteiger partial charge in [-0.3, -0.25) is 9.78 Å². The third kappa shape index (κ3) is 4.64. The number of rotatable bonds is 6. The predicted molar refractivity (Wildman–Crippen MR) is 91.6 cm³/mol. The van der Waals surface area contributed by atoms with E-state index in [0.717, 1.165) is 12.1 Å². The molecule has 2 heterocycles. The normalized spacial score (nSPS) is 15.8. The van der Waals surface area contributed by atoms with Gasteiger partial charge in [-0.15, -0.1) is 0 Å². The largest absolute Gasteiger partial charge is 0.355 e. The summed E-state index contributed by atoms with van der Waals surface area (Å²) in [4.78, 5) is 16.1. The summed E-state index contributed by atoms with van der Waals surface area (Å²) in [5.74, 6) is 0.362. The van der Waals surface area contributed by atoms with Crippen molar-refractivity contribution in [3.8, 4) is 11.3 Å². The highest BCUT2D eigenvalue weighted by Gasteiger charge is 2.14. The third-order valence-corrected chi connectivity index (χ3v) is 4.41. The Labute approximate surface area is 142 Å². The van der Waals surface area contributed by atoms with Crippen molar-refractivity contribution in [3.05, 3.63) is 36.3 Å². The Morgan fingerprint density at radius 3 is 2.62 bits per heavy atom. The molecular weight excluding hydrogens is 304 g/mol. The fourth-order valence-corrected chi connectivity index (χ4v) is 3.06. The molecule has 24 heavy (non-hydrogen) atoms. The number of amides is 1. The van der Waals surface area contributed by atoms with E-state index < -0.39 is 0 Å². The fraction of sp³-hybridized carbons (Fsp3) is 0.500.